The Morgan fingerprint density at radius 2 is 1.41 bits per heavy atom. The van der Waals surface area contributed by atoms with Crippen molar-refractivity contribution >= 4 is 11.9 Å². The smallest absolute Gasteiger partial charge is 0.345 e. The molecular weight excluding hydrogens is 310 g/mol. The number of rotatable bonds is 10. The van der Waals surface area contributed by atoms with Crippen LogP contribution in [0.5, 0.6) is 0 Å². The summed E-state index contributed by atoms with van der Waals surface area (Å²) in [6.07, 6.45) is -6.88. The number of carbonyl (C=O) groups is 2. The fourth-order valence-corrected chi connectivity index (χ4v) is 0.988. The first-order chi connectivity index (χ1) is 9.91. The summed E-state index contributed by atoms with van der Waals surface area (Å²) in [4.78, 5) is 22.5. The molecule has 0 amide bonds. The highest BCUT2D eigenvalue weighted by atomic mass is 16.7. The normalized spacial score (nSPS) is 13.6. The lowest BCUT2D eigenvalue weighted by Gasteiger charge is -2.17. The van der Waals surface area contributed by atoms with Gasteiger partial charge in [-0.2, -0.15) is 0 Å². The summed E-state index contributed by atoms with van der Waals surface area (Å²) < 4.78 is 8.84. The monoisotopic (exact) mass is 329 g/mol. The Kier molecular flexibility index (Phi) is 8.31. The zero-order valence-corrected chi connectivity index (χ0v) is 11.3. The number of hydrogen-bond acceptors (Lipinski definition) is 13. The first-order valence-electron chi connectivity index (χ1n) is 5.83. The Balaban J connectivity index is 3.85. The first kappa shape index (κ1) is 20.6. The van der Waals surface area contributed by atoms with E-state index in [-0.39, 0.29) is 12.8 Å². The lowest BCUT2D eigenvalue weighted by atomic mass is 10.2. The maximum Gasteiger partial charge on any atom is 0.345 e. The van der Waals surface area contributed by atoms with Gasteiger partial charge >= 0.3 is 24.1 Å². The summed E-state index contributed by atoms with van der Waals surface area (Å²) >= 11 is 0. The molecule has 0 aromatic heterocycles. The highest BCUT2D eigenvalue weighted by Crippen LogP contribution is 1.99. The van der Waals surface area contributed by atoms with Crippen molar-refractivity contribution in [2.45, 2.75) is 31.1 Å². The molecule has 0 aromatic carbocycles. The molecule has 0 spiro atoms. The zero-order chi connectivity index (χ0) is 17.4. The molecule has 0 unspecified atom stereocenters. The second-order valence-electron chi connectivity index (χ2n) is 4.04. The molecule has 10 N–H and O–H groups in total. The van der Waals surface area contributed by atoms with E-state index in [0.29, 0.717) is 0 Å². The van der Waals surface area contributed by atoms with Crippen molar-refractivity contribution in [3.8, 4) is 0 Å². The minimum atomic E-state index is -3.21. The van der Waals surface area contributed by atoms with Gasteiger partial charge in [0.05, 0.1) is 0 Å². The largest absolute Gasteiger partial charge is 0.449 e. The summed E-state index contributed by atoms with van der Waals surface area (Å²) in [5.41, 5.74) is 5.38. The average Bonchev–Trinajstić information content (AvgIpc) is 2.32. The molecule has 0 fully saturated rings. The van der Waals surface area contributed by atoms with E-state index in [2.05, 4.69) is 9.47 Å². The van der Waals surface area contributed by atoms with E-state index >= 15 is 0 Å². The van der Waals surface area contributed by atoms with Gasteiger partial charge in [-0.25, -0.2) is 10.6 Å². The van der Waals surface area contributed by atoms with Crippen molar-refractivity contribution < 1.29 is 49.7 Å². The Morgan fingerprint density at radius 1 is 0.955 bits per heavy atom. The maximum atomic E-state index is 11.3. The molecule has 0 bridgehead atoms. The molecule has 0 rings (SSSR count). The minimum absolute atomic E-state index is 0.178. The number of nitrogens with one attached hydrogen (secondary N) is 2. The second-order valence-corrected chi connectivity index (χ2v) is 4.04. The van der Waals surface area contributed by atoms with Crippen LogP contribution in [0.25, 0.3) is 0 Å². The third kappa shape index (κ3) is 12.3. The van der Waals surface area contributed by atoms with Crippen LogP contribution in [0, 0.1) is 0 Å². The SMILES string of the molecule is N[C@@H](CCC(=O)OCNC(O)(O)O)C(=O)OCNC(O)(O)O. The van der Waals surface area contributed by atoms with Crippen LogP contribution in [0.4, 0.5) is 0 Å². The van der Waals surface area contributed by atoms with Crippen molar-refractivity contribution in [1.29, 1.82) is 0 Å². The van der Waals surface area contributed by atoms with Crippen LogP contribution in [0.15, 0.2) is 0 Å². The predicted octanol–water partition coefficient (Wildman–Crippen LogP) is -5.55. The van der Waals surface area contributed by atoms with E-state index in [0.717, 1.165) is 0 Å². The molecule has 0 aliphatic heterocycles. The van der Waals surface area contributed by atoms with Crippen LogP contribution in [0.2, 0.25) is 0 Å². The number of carbonyl (C=O) groups excluding carboxylic acids is 2. The van der Waals surface area contributed by atoms with Gasteiger partial charge in [0.1, 0.15) is 19.5 Å². The van der Waals surface area contributed by atoms with Crippen molar-refractivity contribution in [2.75, 3.05) is 13.5 Å². The van der Waals surface area contributed by atoms with E-state index in [4.69, 9.17) is 36.4 Å². The molecule has 1 atom stereocenters. The average molecular weight is 329 g/mol. The van der Waals surface area contributed by atoms with Gasteiger partial charge in [0, 0.05) is 6.42 Å². The molecule has 0 aliphatic carbocycles. The minimum Gasteiger partial charge on any atom is -0.449 e. The van der Waals surface area contributed by atoms with Crippen LogP contribution in [-0.2, 0) is 19.1 Å². The number of esters is 2. The van der Waals surface area contributed by atoms with E-state index < -0.39 is 43.6 Å². The van der Waals surface area contributed by atoms with E-state index in [9.17, 15) is 9.59 Å². The van der Waals surface area contributed by atoms with Crippen LogP contribution in [-0.4, -0.2) is 74.3 Å². The van der Waals surface area contributed by atoms with E-state index in [1.54, 1.807) is 10.6 Å². The molecule has 13 nitrogen and oxygen atoms in total. The topological polar surface area (TPSA) is 224 Å². The lowest BCUT2D eigenvalue weighted by Crippen LogP contribution is -2.47. The molecule has 0 radical (unpaired) electrons. The van der Waals surface area contributed by atoms with E-state index in [1.165, 1.54) is 0 Å². The molecule has 130 valence electrons. The first-order valence-corrected chi connectivity index (χ1v) is 5.83. The van der Waals surface area contributed by atoms with Crippen LogP contribution < -0.4 is 16.4 Å². The lowest BCUT2D eigenvalue weighted by molar-refractivity contribution is -0.337. The molecule has 22 heavy (non-hydrogen) atoms. The number of ether oxygens (including phenoxy) is 2. The van der Waals surface area contributed by atoms with Gasteiger partial charge in [-0.15, -0.1) is 0 Å². The van der Waals surface area contributed by atoms with Gasteiger partial charge in [-0.05, 0) is 6.42 Å². The number of hydrogen-bond donors (Lipinski definition) is 9. The highest BCUT2D eigenvalue weighted by molar-refractivity contribution is 5.77. The fourth-order valence-electron chi connectivity index (χ4n) is 0.988. The summed E-state index contributed by atoms with van der Waals surface area (Å²) in [5.74, 6) is -1.83. The predicted molar refractivity (Wildman–Crippen MR) is 64.2 cm³/mol. The zero-order valence-electron chi connectivity index (χ0n) is 11.3. The number of nitrogens with two attached hydrogens (primary N) is 1. The fraction of sp³-hybridized carbons (Fsp3) is 0.778. The van der Waals surface area contributed by atoms with Crippen molar-refractivity contribution in [3.63, 3.8) is 0 Å². The molecule has 0 aromatic rings. The van der Waals surface area contributed by atoms with E-state index in [1.807, 2.05) is 0 Å². The van der Waals surface area contributed by atoms with Crippen LogP contribution >= 0.6 is 0 Å². The van der Waals surface area contributed by atoms with Gasteiger partial charge in [-0.3, -0.25) is 9.59 Å². The van der Waals surface area contributed by atoms with Crippen molar-refractivity contribution in [1.82, 2.24) is 10.6 Å². The summed E-state index contributed by atoms with van der Waals surface area (Å²) in [6, 6.07) is -1.22. The third-order valence-corrected chi connectivity index (χ3v) is 2.03. The molecule has 0 saturated heterocycles. The van der Waals surface area contributed by atoms with Crippen molar-refractivity contribution in [2.24, 2.45) is 5.73 Å². The maximum absolute atomic E-state index is 11.3. The summed E-state index contributed by atoms with van der Waals surface area (Å²) in [6.45, 7) is -1.44. The quantitative estimate of drug-likeness (QED) is 0.135. The van der Waals surface area contributed by atoms with Gasteiger partial charge < -0.3 is 45.8 Å². The molecule has 0 heterocycles. The van der Waals surface area contributed by atoms with Crippen molar-refractivity contribution in [3.05, 3.63) is 0 Å². The number of aliphatic hydroxyl groups is 6. The third-order valence-electron chi connectivity index (χ3n) is 2.03. The van der Waals surface area contributed by atoms with Gasteiger partial charge in [0.25, 0.3) is 0 Å². The highest BCUT2D eigenvalue weighted by Gasteiger charge is 2.21. The molecule has 0 aliphatic rings. The second kappa shape index (κ2) is 8.89. The Morgan fingerprint density at radius 3 is 1.86 bits per heavy atom. The summed E-state index contributed by atoms with van der Waals surface area (Å²) in [7, 11) is 0. The van der Waals surface area contributed by atoms with Gasteiger partial charge in [0.2, 0.25) is 0 Å². The van der Waals surface area contributed by atoms with Crippen LogP contribution in [0.3, 0.4) is 0 Å². The molecular formula is C9H19N3O10. The molecule has 13 heteroatoms. The standard InChI is InChI=1S/C9H19N3O10/c10-5(7(14)22-4-12-9(18,19)20)1-2-6(13)21-3-11-8(15,16)17/h5,11-12,15-20H,1-4,10H2/t5-/m0/s1. The Hall–Kier alpha value is -1.42. The molecule has 0 saturated carbocycles. The Bertz CT molecular complexity index is 364. The van der Waals surface area contributed by atoms with Crippen LogP contribution in [0.1, 0.15) is 12.8 Å². The Labute approximate surface area is 123 Å². The summed E-state index contributed by atoms with van der Waals surface area (Å²) in [5, 5.41) is 53.9. The van der Waals surface area contributed by atoms with Gasteiger partial charge in [0.15, 0.2) is 0 Å². The van der Waals surface area contributed by atoms with Gasteiger partial charge in [-0.1, -0.05) is 0 Å².